The highest BCUT2D eigenvalue weighted by Gasteiger charge is 2.16. The number of amides is 1. The average Bonchev–Trinajstić information content (AvgIpc) is 2.70. The van der Waals surface area contributed by atoms with Crippen LogP contribution in [0.25, 0.3) is 0 Å². The third kappa shape index (κ3) is 4.23. The monoisotopic (exact) mass is 281 g/mol. The molecule has 0 atom stereocenters. The van der Waals surface area contributed by atoms with E-state index in [9.17, 15) is 4.79 Å². The first-order valence-corrected chi connectivity index (χ1v) is 7.16. The van der Waals surface area contributed by atoms with Crippen LogP contribution >= 0.6 is 0 Å². The first-order valence-electron chi connectivity index (χ1n) is 7.16. The van der Waals surface area contributed by atoms with E-state index >= 15 is 0 Å². The molecule has 114 valence electrons. The summed E-state index contributed by atoms with van der Waals surface area (Å²) in [6, 6.07) is 0. The Kier molecular flexibility index (Phi) is 6.51. The highest BCUT2D eigenvalue weighted by atomic mass is 16.1. The molecule has 0 aromatic carbocycles. The second kappa shape index (κ2) is 7.89. The van der Waals surface area contributed by atoms with Crippen molar-refractivity contribution in [1.29, 1.82) is 0 Å². The lowest BCUT2D eigenvalue weighted by molar-refractivity contribution is -0.120. The molecule has 1 rings (SSSR count). The minimum atomic E-state index is 0.0569. The second-order valence-corrected chi connectivity index (χ2v) is 5.03. The molecule has 6 nitrogen and oxygen atoms in total. The highest BCUT2D eigenvalue weighted by Crippen LogP contribution is 2.22. The van der Waals surface area contributed by atoms with Gasteiger partial charge in [-0.05, 0) is 19.9 Å². The van der Waals surface area contributed by atoms with E-state index < -0.39 is 0 Å². The van der Waals surface area contributed by atoms with Crippen LogP contribution in [-0.4, -0.2) is 42.9 Å². The van der Waals surface area contributed by atoms with Crippen molar-refractivity contribution in [2.45, 2.75) is 33.2 Å². The van der Waals surface area contributed by atoms with Crippen LogP contribution in [0.2, 0.25) is 0 Å². The number of nitrogens with zero attached hydrogens (tertiary/aromatic N) is 3. The number of rotatable bonds is 8. The summed E-state index contributed by atoms with van der Waals surface area (Å²) in [5, 5.41) is 10.6. The summed E-state index contributed by atoms with van der Waals surface area (Å²) in [7, 11) is 5.61. The van der Waals surface area contributed by atoms with Gasteiger partial charge in [0.15, 0.2) is 0 Å². The predicted molar refractivity (Wildman–Crippen MR) is 81.9 cm³/mol. The number of hydrogen-bond donors (Lipinski definition) is 2. The van der Waals surface area contributed by atoms with Crippen LogP contribution in [0.5, 0.6) is 0 Å². The average molecular weight is 281 g/mol. The zero-order valence-corrected chi connectivity index (χ0v) is 13.3. The molecule has 0 saturated heterocycles. The maximum Gasteiger partial charge on any atom is 0.221 e. The van der Waals surface area contributed by atoms with Gasteiger partial charge in [-0.25, -0.2) is 0 Å². The molecule has 20 heavy (non-hydrogen) atoms. The van der Waals surface area contributed by atoms with Crippen LogP contribution in [0.4, 0.5) is 5.82 Å². The van der Waals surface area contributed by atoms with Crippen LogP contribution in [0.3, 0.4) is 0 Å². The van der Waals surface area contributed by atoms with E-state index in [4.69, 9.17) is 0 Å². The van der Waals surface area contributed by atoms with Crippen molar-refractivity contribution >= 4 is 11.7 Å². The molecule has 0 fully saturated rings. The summed E-state index contributed by atoms with van der Waals surface area (Å²) in [5.41, 5.74) is 2.25. The summed E-state index contributed by atoms with van der Waals surface area (Å²) >= 11 is 0. The lowest BCUT2D eigenvalue weighted by atomic mass is 10.2. The largest absolute Gasteiger partial charge is 0.359 e. The smallest absolute Gasteiger partial charge is 0.221 e. The topological polar surface area (TPSA) is 62.2 Å². The lowest BCUT2D eigenvalue weighted by Gasteiger charge is -2.21. The number of anilines is 1. The van der Waals surface area contributed by atoms with Gasteiger partial charge in [0.05, 0.1) is 5.69 Å². The Morgan fingerprint density at radius 2 is 2.15 bits per heavy atom. The Labute approximate surface area is 121 Å². The predicted octanol–water partition coefficient (Wildman–Crippen LogP) is 0.800. The third-order valence-corrected chi connectivity index (χ3v) is 3.36. The Bertz CT molecular complexity index is 441. The first-order chi connectivity index (χ1) is 9.51. The number of carbonyl (C=O) groups excluding carboxylic acids is 1. The van der Waals surface area contributed by atoms with Gasteiger partial charge in [0.2, 0.25) is 5.91 Å². The Balaban J connectivity index is 2.78. The fraction of sp³-hybridized carbons (Fsp3) is 0.714. The molecule has 1 amide bonds. The molecule has 0 radical (unpaired) electrons. The quantitative estimate of drug-likeness (QED) is 0.692. The van der Waals surface area contributed by atoms with Crippen LogP contribution in [0.15, 0.2) is 0 Å². The SMILES string of the molecule is CCCNCc1c(C)nn(C)c1N(C)CCC(=O)NC. The summed E-state index contributed by atoms with van der Waals surface area (Å²) in [6.45, 7) is 6.67. The van der Waals surface area contributed by atoms with Gasteiger partial charge in [-0.3, -0.25) is 9.48 Å². The fourth-order valence-corrected chi connectivity index (χ4v) is 2.26. The molecule has 0 aliphatic rings. The molecule has 0 aliphatic heterocycles. The molecule has 1 aromatic heterocycles. The van der Waals surface area contributed by atoms with Crippen molar-refractivity contribution in [2.75, 3.05) is 32.1 Å². The lowest BCUT2D eigenvalue weighted by Crippen LogP contribution is -2.28. The van der Waals surface area contributed by atoms with Crippen molar-refractivity contribution in [2.24, 2.45) is 7.05 Å². The third-order valence-electron chi connectivity index (χ3n) is 3.36. The minimum absolute atomic E-state index is 0.0569. The minimum Gasteiger partial charge on any atom is -0.359 e. The Morgan fingerprint density at radius 3 is 2.75 bits per heavy atom. The normalized spacial score (nSPS) is 10.7. The number of carbonyl (C=O) groups is 1. The zero-order chi connectivity index (χ0) is 15.1. The van der Waals surface area contributed by atoms with Crippen molar-refractivity contribution in [1.82, 2.24) is 20.4 Å². The molecule has 0 spiro atoms. The molecular formula is C14H27N5O. The maximum absolute atomic E-state index is 11.4. The van der Waals surface area contributed by atoms with E-state index in [1.807, 2.05) is 25.7 Å². The van der Waals surface area contributed by atoms with Crippen LogP contribution in [-0.2, 0) is 18.4 Å². The molecule has 0 unspecified atom stereocenters. The van der Waals surface area contributed by atoms with Gasteiger partial charge in [-0.15, -0.1) is 0 Å². The molecule has 0 bridgehead atoms. The van der Waals surface area contributed by atoms with Crippen LogP contribution in [0, 0.1) is 6.92 Å². The summed E-state index contributed by atoms with van der Waals surface area (Å²) in [6.07, 6.45) is 1.60. The van der Waals surface area contributed by atoms with Crippen molar-refractivity contribution in [3.8, 4) is 0 Å². The van der Waals surface area contributed by atoms with Gasteiger partial charge in [0, 0.05) is 46.2 Å². The molecule has 1 heterocycles. The van der Waals surface area contributed by atoms with Gasteiger partial charge >= 0.3 is 0 Å². The van der Waals surface area contributed by atoms with Gasteiger partial charge in [0.1, 0.15) is 5.82 Å². The van der Waals surface area contributed by atoms with Crippen LogP contribution < -0.4 is 15.5 Å². The highest BCUT2D eigenvalue weighted by molar-refractivity contribution is 5.76. The summed E-state index contributed by atoms with van der Waals surface area (Å²) < 4.78 is 1.89. The van der Waals surface area contributed by atoms with E-state index in [2.05, 4.69) is 27.6 Å². The maximum atomic E-state index is 11.4. The van der Waals surface area contributed by atoms with Gasteiger partial charge in [0.25, 0.3) is 0 Å². The molecule has 0 aliphatic carbocycles. The number of nitrogens with one attached hydrogen (secondary N) is 2. The first kappa shape index (κ1) is 16.5. The molecular weight excluding hydrogens is 254 g/mol. The number of aromatic nitrogens is 2. The van der Waals surface area contributed by atoms with E-state index in [-0.39, 0.29) is 5.91 Å². The second-order valence-electron chi connectivity index (χ2n) is 5.03. The van der Waals surface area contributed by atoms with E-state index in [0.717, 1.165) is 31.0 Å². The molecule has 6 heteroatoms. The van der Waals surface area contributed by atoms with Crippen LogP contribution in [0.1, 0.15) is 31.0 Å². The van der Waals surface area contributed by atoms with Crippen molar-refractivity contribution in [3.05, 3.63) is 11.3 Å². The fourth-order valence-electron chi connectivity index (χ4n) is 2.26. The molecule has 1 aromatic rings. The van der Waals surface area contributed by atoms with Crippen molar-refractivity contribution in [3.63, 3.8) is 0 Å². The van der Waals surface area contributed by atoms with Gasteiger partial charge < -0.3 is 15.5 Å². The molecule has 2 N–H and O–H groups in total. The number of aryl methyl sites for hydroxylation is 2. The summed E-state index contributed by atoms with van der Waals surface area (Å²) in [5.74, 6) is 1.14. The Hall–Kier alpha value is -1.56. The van der Waals surface area contributed by atoms with E-state index in [1.54, 1.807) is 7.05 Å². The molecule has 0 saturated carbocycles. The van der Waals surface area contributed by atoms with Crippen molar-refractivity contribution < 1.29 is 4.79 Å². The Morgan fingerprint density at radius 1 is 1.45 bits per heavy atom. The van der Waals surface area contributed by atoms with E-state index in [1.165, 1.54) is 5.56 Å². The standard InChI is InChI=1S/C14H27N5O/c1-6-8-16-10-12-11(2)17-19(5)14(12)18(4)9-7-13(20)15-3/h16H,6-10H2,1-5H3,(H,15,20). The summed E-state index contributed by atoms with van der Waals surface area (Å²) in [4.78, 5) is 13.5. The van der Waals surface area contributed by atoms with Gasteiger partial charge in [-0.2, -0.15) is 5.10 Å². The van der Waals surface area contributed by atoms with Gasteiger partial charge in [-0.1, -0.05) is 6.92 Å². The number of hydrogen-bond acceptors (Lipinski definition) is 4. The zero-order valence-electron chi connectivity index (χ0n) is 13.3. The van der Waals surface area contributed by atoms with E-state index in [0.29, 0.717) is 13.0 Å².